The number of nitrogens with two attached hydrogens (primary N) is 1. The Balaban J connectivity index is 2.66. The molecule has 0 saturated heterocycles. The quantitative estimate of drug-likeness (QED) is 0.804. The molecule has 0 heterocycles. The molecule has 3 N–H and O–H groups in total. The number of carbonyl (C=O) groups excluding carboxylic acids is 1. The molecule has 1 aliphatic rings. The molecule has 1 amide bonds. The lowest BCUT2D eigenvalue weighted by atomic mass is 9.63. The maximum atomic E-state index is 12.4. The van der Waals surface area contributed by atoms with Crippen molar-refractivity contribution in [3.8, 4) is 0 Å². The molecule has 0 aromatic heterocycles. The Morgan fingerprint density at radius 1 is 1.37 bits per heavy atom. The normalized spacial score (nSPS) is 26.7. The van der Waals surface area contributed by atoms with Gasteiger partial charge in [-0.1, -0.05) is 13.8 Å². The molecule has 1 saturated carbocycles. The second-order valence-electron chi connectivity index (χ2n) is 7.37. The van der Waals surface area contributed by atoms with Crippen molar-refractivity contribution in [2.24, 2.45) is 16.6 Å². The van der Waals surface area contributed by atoms with E-state index in [-0.39, 0.29) is 23.5 Å². The zero-order chi connectivity index (χ0) is 15.1. The highest BCUT2D eigenvalue weighted by Gasteiger charge is 2.51. The Kier molecular flexibility index (Phi) is 4.38. The standard InChI is InChI=1S/C15H30N2O2/c1-8-19-11-9-10(13(11,2)3)17-12(18)14(4,5)15(6,7)16/h10-11H,8-9,16H2,1-7H3,(H,17,18). The Labute approximate surface area is 117 Å². The molecule has 4 heteroatoms. The smallest absolute Gasteiger partial charge is 0.227 e. The summed E-state index contributed by atoms with van der Waals surface area (Å²) < 4.78 is 5.68. The molecule has 0 spiro atoms. The van der Waals surface area contributed by atoms with Crippen LogP contribution in [0.3, 0.4) is 0 Å². The molecule has 2 atom stereocenters. The molecule has 2 unspecified atom stereocenters. The Morgan fingerprint density at radius 3 is 2.26 bits per heavy atom. The minimum absolute atomic E-state index is 0.0134. The van der Waals surface area contributed by atoms with E-state index in [1.807, 2.05) is 34.6 Å². The molecule has 0 radical (unpaired) electrons. The predicted octanol–water partition coefficient (Wildman–Crippen LogP) is 2.07. The molecule has 0 bridgehead atoms. The van der Waals surface area contributed by atoms with Crippen molar-refractivity contribution >= 4 is 5.91 Å². The number of hydrogen-bond acceptors (Lipinski definition) is 3. The lowest BCUT2D eigenvalue weighted by Crippen LogP contribution is -2.65. The van der Waals surface area contributed by atoms with E-state index in [1.165, 1.54) is 0 Å². The molecule has 0 aliphatic heterocycles. The van der Waals surface area contributed by atoms with Crippen molar-refractivity contribution in [3.63, 3.8) is 0 Å². The van der Waals surface area contributed by atoms with Gasteiger partial charge in [-0.25, -0.2) is 0 Å². The van der Waals surface area contributed by atoms with E-state index in [0.717, 1.165) is 13.0 Å². The zero-order valence-electron chi connectivity index (χ0n) is 13.5. The van der Waals surface area contributed by atoms with Crippen LogP contribution in [-0.2, 0) is 9.53 Å². The highest BCUT2D eigenvalue weighted by atomic mass is 16.5. The van der Waals surface area contributed by atoms with E-state index >= 15 is 0 Å². The van der Waals surface area contributed by atoms with Crippen molar-refractivity contribution < 1.29 is 9.53 Å². The highest BCUT2D eigenvalue weighted by molar-refractivity contribution is 5.83. The van der Waals surface area contributed by atoms with Crippen molar-refractivity contribution in [3.05, 3.63) is 0 Å². The van der Waals surface area contributed by atoms with Gasteiger partial charge >= 0.3 is 0 Å². The number of ether oxygens (including phenoxy) is 1. The van der Waals surface area contributed by atoms with Crippen molar-refractivity contribution in [2.45, 2.75) is 72.6 Å². The number of nitrogens with one attached hydrogen (secondary N) is 1. The van der Waals surface area contributed by atoms with Crippen LogP contribution in [0.15, 0.2) is 0 Å². The highest BCUT2D eigenvalue weighted by Crippen LogP contribution is 2.43. The molecule has 1 aliphatic carbocycles. The number of amides is 1. The lowest BCUT2D eigenvalue weighted by molar-refractivity contribution is -0.145. The number of rotatable bonds is 5. The second kappa shape index (κ2) is 5.06. The Hall–Kier alpha value is -0.610. The van der Waals surface area contributed by atoms with Crippen molar-refractivity contribution in [2.75, 3.05) is 6.61 Å². The summed E-state index contributed by atoms with van der Waals surface area (Å²) in [5.41, 5.74) is 4.94. The fourth-order valence-electron chi connectivity index (χ4n) is 2.25. The average Bonchev–Trinajstić information content (AvgIpc) is 2.25. The monoisotopic (exact) mass is 270 g/mol. The third-order valence-electron chi connectivity index (χ3n) is 5.03. The van der Waals surface area contributed by atoms with Crippen LogP contribution >= 0.6 is 0 Å². The van der Waals surface area contributed by atoms with Crippen LogP contribution in [0.1, 0.15) is 54.9 Å². The largest absolute Gasteiger partial charge is 0.378 e. The zero-order valence-corrected chi connectivity index (χ0v) is 13.5. The van der Waals surface area contributed by atoms with Crippen LogP contribution < -0.4 is 11.1 Å². The number of carbonyl (C=O) groups is 1. The lowest BCUT2D eigenvalue weighted by Gasteiger charge is -2.52. The third-order valence-corrected chi connectivity index (χ3v) is 5.03. The first kappa shape index (κ1) is 16.4. The van der Waals surface area contributed by atoms with Crippen LogP contribution in [0, 0.1) is 10.8 Å². The molecule has 19 heavy (non-hydrogen) atoms. The van der Waals surface area contributed by atoms with E-state index in [2.05, 4.69) is 19.2 Å². The van der Waals surface area contributed by atoms with Gasteiger partial charge in [-0.05, 0) is 41.0 Å². The summed E-state index contributed by atoms with van der Waals surface area (Å²) in [7, 11) is 0. The van der Waals surface area contributed by atoms with Gasteiger partial charge in [0.15, 0.2) is 0 Å². The summed E-state index contributed by atoms with van der Waals surface area (Å²) in [6.45, 7) is 14.6. The third kappa shape index (κ3) is 2.95. The maximum absolute atomic E-state index is 12.4. The predicted molar refractivity (Wildman–Crippen MR) is 77.8 cm³/mol. The van der Waals surface area contributed by atoms with Gasteiger partial charge in [-0.15, -0.1) is 0 Å². The van der Waals surface area contributed by atoms with E-state index in [1.54, 1.807) is 0 Å². The van der Waals surface area contributed by atoms with Gasteiger partial charge in [0.2, 0.25) is 5.91 Å². The molecular weight excluding hydrogens is 240 g/mol. The summed E-state index contributed by atoms with van der Waals surface area (Å²) in [6.07, 6.45) is 1.12. The number of hydrogen-bond donors (Lipinski definition) is 2. The maximum Gasteiger partial charge on any atom is 0.227 e. The van der Waals surface area contributed by atoms with Crippen LogP contribution in [0.4, 0.5) is 0 Å². The van der Waals surface area contributed by atoms with Gasteiger partial charge in [-0.2, -0.15) is 0 Å². The van der Waals surface area contributed by atoms with Gasteiger partial charge in [0.05, 0.1) is 11.5 Å². The first-order valence-corrected chi connectivity index (χ1v) is 7.16. The van der Waals surface area contributed by atoms with Crippen LogP contribution in [-0.4, -0.2) is 30.2 Å². The van der Waals surface area contributed by atoms with Crippen LogP contribution in [0.2, 0.25) is 0 Å². The Morgan fingerprint density at radius 2 is 1.89 bits per heavy atom. The second-order valence-corrected chi connectivity index (χ2v) is 7.37. The van der Waals surface area contributed by atoms with E-state index in [0.29, 0.717) is 0 Å². The fraction of sp³-hybridized carbons (Fsp3) is 0.933. The van der Waals surface area contributed by atoms with E-state index in [9.17, 15) is 4.79 Å². The molecule has 0 aromatic rings. The van der Waals surface area contributed by atoms with Gasteiger partial charge in [0, 0.05) is 23.6 Å². The summed E-state index contributed by atoms with van der Waals surface area (Å²) >= 11 is 0. The van der Waals surface area contributed by atoms with E-state index < -0.39 is 11.0 Å². The SMILES string of the molecule is CCOC1CC(NC(=O)C(C)(C)C(C)(C)N)C1(C)C. The summed E-state index contributed by atoms with van der Waals surface area (Å²) in [5.74, 6) is 0.0213. The van der Waals surface area contributed by atoms with Crippen molar-refractivity contribution in [1.29, 1.82) is 0 Å². The molecule has 112 valence electrons. The minimum Gasteiger partial charge on any atom is -0.378 e. The van der Waals surface area contributed by atoms with Gasteiger partial charge in [0.1, 0.15) is 0 Å². The Bertz CT molecular complexity index is 343. The fourth-order valence-corrected chi connectivity index (χ4v) is 2.25. The van der Waals surface area contributed by atoms with Crippen LogP contribution in [0.5, 0.6) is 0 Å². The molecular formula is C15H30N2O2. The minimum atomic E-state index is -0.597. The summed E-state index contributed by atoms with van der Waals surface area (Å²) in [5, 5.41) is 3.14. The molecule has 0 aromatic carbocycles. The van der Waals surface area contributed by atoms with Crippen molar-refractivity contribution in [1.82, 2.24) is 5.32 Å². The molecule has 4 nitrogen and oxygen atoms in total. The first-order valence-electron chi connectivity index (χ1n) is 7.16. The van der Waals surface area contributed by atoms with Crippen LogP contribution in [0.25, 0.3) is 0 Å². The van der Waals surface area contributed by atoms with Gasteiger partial charge in [0.25, 0.3) is 0 Å². The average molecular weight is 270 g/mol. The molecule has 1 fully saturated rings. The van der Waals surface area contributed by atoms with Gasteiger partial charge in [-0.3, -0.25) is 4.79 Å². The first-order chi connectivity index (χ1) is 8.44. The summed E-state index contributed by atoms with van der Waals surface area (Å²) in [6, 6.07) is 0.165. The molecule has 1 rings (SSSR count). The topological polar surface area (TPSA) is 64.3 Å². The summed E-state index contributed by atoms with van der Waals surface area (Å²) in [4.78, 5) is 12.4. The van der Waals surface area contributed by atoms with Gasteiger partial charge < -0.3 is 15.8 Å². The van der Waals surface area contributed by atoms with E-state index in [4.69, 9.17) is 10.5 Å².